The lowest BCUT2D eigenvalue weighted by atomic mass is 10.1. The van der Waals surface area contributed by atoms with Crippen LogP contribution in [0.15, 0.2) is 47.5 Å². The Bertz CT molecular complexity index is 1030. The second kappa shape index (κ2) is 6.82. The number of aromatic nitrogens is 1. The van der Waals surface area contributed by atoms with Gasteiger partial charge < -0.3 is 9.67 Å². The second-order valence-corrected chi connectivity index (χ2v) is 7.02. The topological polar surface area (TPSA) is 71.7 Å². The molecule has 1 unspecified atom stereocenters. The molecule has 1 N–H and O–H groups in total. The molecular weight excluding hydrogens is 360 g/mol. The molecule has 3 aromatic rings. The minimum absolute atomic E-state index is 0.309. The van der Waals surface area contributed by atoms with Gasteiger partial charge in [-0.2, -0.15) is 4.99 Å². The smallest absolute Gasteiger partial charge is 0.326 e. The molecule has 25 heavy (non-hydrogen) atoms. The Morgan fingerprint density at radius 3 is 2.52 bits per heavy atom. The van der Waals surface area contributed by atoms with E-state index in [2.05, 4.69) is 4.99 Å². The Hall–Kier alpha value is -2.44. The number of rotatable bonds is 3. The number of nitrogens with zero attached hydrogens (tertiary/aromatic N) is 2. The number of carboxylic acids is 1. The zero-order valence-electron chi connectivity index (χ0n) is 13.6. The lowest BCUT2D eigenvalue weighted by Gasteiger charge is -2.10. The summed E-state index contributed by atoms with van der Waals surface area (Å²) in [6.45, 7) is 3.48. The van der Waals surface area contributed by atoms with E-state index in [1.165, 1.54) is 15.9 Å². The van der Waals surface area contributed by atoms with Gasteiger partial charge in [0.2, 0.25) is 0 Å². The minimum Gasteiger partial charge on any atom is -0.480 e. The number of aliphatic carboxylic acids is 1. The first-order valence-electron chi connectivity index (χ1n) is 7.56. The number of fused-ring (bicyclic) bond motifs is 1. The van der Waals surface area contributed by atoms with Crippen molar-refractivity contribution in [2.24, 2.45) is 4.99 Å². The number of carboxylic acid groups (broad SMARTS) is 1. The van der Waals surface area contributed by atoms with Gasteiger partial charge in [-0.3, -0.25) is 4.79 Å². The number of hydrogen-bond acceptors (Lipinski definition) is 3. The van der Waals surface area contributed by atoms with E-state index in [1.54, 1.807) is 37.3 Å². The van der Waals surface area contributed by atoms with Gasteiger partial charge in [0, 0.05) is 5.56 Å². The highest BCUT2D eigenvalue weighted by molar-refractivity contribution is 7.17. The van der Waals surface area contributed by atoms with Gasteiger partial charge in [-0.25, -0.2) is 4.79 Å². The maximum atomic E-state index is 12.5. The largest absolute Gasteiger partial charge is 0.480 e. The molecule has 0 saturated carbocycles. The van der Waals surface area contributed by atoms with E-state index < -0.39 is 17.9 Å². The van der Waals surface area contributed by atoms with E-state index in [0.717, 1.165) is 5.56 Å². The number of carbonyl (C=O) groups excluding carboxylic acids is 1. The molecule has 0 fully saturated rings. The molecule has 1 aromatic heterocycles. The molecule has 0 spiro atoms. The van der Waals surface area contributed by atoms with Crippen molar-refractivity contribution >= 4 is 45.0 Å². The average molecular weight is 375 g/mol. The fourth-order valence-electron chi connectivity index (χ4n) is 2.44. The maximum absolute atomic E-state index is 12.5. The molecule has 5 nitrogen and oxygen atoms in total. The summed E-state index contributed by atoms with van der Waals surface area (Å²) in [6.07, 6.45) is 0. The summed E-state index contributed by atoms with van der Waals surface area (Å²) in [6, 6.07) is 11.4. The summed E-state index contributed by atoms with van der Waals surface area (Å²) in [4.78, 5) is 28.4. The Labute approximate surface area is 152 Å². The summed E-state index contributed by atoms with van der Waals surface area (Å²) in [5.41, 5.74) is 2.13. The van der Waals surface area contributed by atoms with E-state index in [-0.39, 0.29) is 0 Å². The fraction of sp³-hybridized carbons (Fsp3) is 0.167. The standard InChI is InChI=1S/C18H15ClN2O3S/c1-10-6-8-12(9-7-10)16(22)20-18-21(11(2)17(23)24)14-5-3-4-13(19)15(14)25-18/h3-9,11H,1-2H3,(H,23,24). The lowest BCUT2D eigenvalue weighted by molar-refractivity contribution is -0.140. The number of aryl methyl sites for hydroxylation is 1. The van der Waals surface area contributed by atoms with Crippen molar-refractivity contribution in [1.82, 2.24) is 4.57 Å². The summed E-state index contributed by atoms with van der Waals surface area (Å²) in [5.74, 6) is -1.43. The first kappa shape index (κ1) is 17.4. The van der Waals surface area contributed by atoms with Crippen molar-refractivity contribution in [2.45, 2.75) is 19.9 Å². The molecule has 0 aliphatic heterocycles. The minimum atomic E-state index is -1.01. The highest BCUT2D eigenvalue weighted by Gasteiger charge is 2.20. The Morgan fingerprint density at radius 1 is 1.20 bits per heavy atom. The van der Waals surface area contributed by atoms with Crippen LogP contribution in [-0.2, 0) is 4.79 Å². The van der Waals surface area contributed by atoms with E-state index in [9.17, 15) is 14.7 Å². The predicted octanol–water partition coefficient (Wildman–Crippen LogP) is 4.05. The van der Waals surface area contributed by atoms with Crippen molar-refractivity contribution in [3.63, 3.8) is 0 Å². The van der Waals surface area contributed by atoms with Gasteiger partial charge in [-0.1, -0.05) is 46.7 Å². The monoisotopic (exact) mass is 374 g/mol. The molecule has 1 atom stereocenters. The molecular formula is C18H15ClN2O3S. The molecule has 0 aliphatic carbocycles. The highest BCUT2D eigenvalue weighted by Crippen LogP contribution is 2.28. The molecule has 1 heterocycles. The van der Waals surface area contributed by atoms with Crippen LogP contribution in [0.1, 0.15) is 28.9 Å². The van der Waals surface area contributed by atoms with E-state index >= 15 is 0 Å². The van der Waals surface area contributed by atoms with Crippen LogP contribution in [0.4, 0.5) is 0 Å². The van der Waals surface area contributed by atoms with E-state index in [4.69, 9.17) is 11.6 Å². The van der Waals surface area contributed by atoms with Crippen LogP contribution in [0, 0.1) is 6.92 Å². The molecule has 0 saturated heterocycles. The molecule has 0 radical (unpaired) electrons. The maximum Gasteiger partial charge on any atom is 0.326 e. The van der Waals surface area contributed by atoms with Crippen LogP contribution in [0.25, 0.3) is 10.2 Å². The normalized spacial score (nSPS) is 13.2. The van der Waals surface area contributed by atoms with Crippen LogP contribution in [0.3, 0.4) is 0 Å². The molecule has 7 heteroatoms. The number of hydrogen-bond donors (Lipinski definition) is 1. The third-order valence-electron chi connectivity index (χ3n) is 3.85. The number of benzene rings is 2. The Balaban J connectivity index is 2.22. The van der Waals surface area contributed by atoms with Crippen molar-refractivity contribution in [2.75, 3.05) is 0 Å². The lowest BCUT2D eigenvalue weighted by Crippen LogP contribution is -2.25. The number of thiazole rings is 1. The van der Waals surface area contributed by atoms with E-state index in [1.807, 2.05) is 19.1 Å². The van der Waals surface area contributed by atoms with Crippen LogP contribution in [0.5, 0.6) is 0 Å². The SMILES string of the molecule is Cc1ccc(C(=O)N=c2sc3c(Cl)cccc3n2C(C)C(=O)O)cc1. The number of carbonyl (C=O) groups is 2. The zero-order valence-corrected chi connectivity index (χ0v) is 15.1. The number of halogens is 1. The van der Waals surface area contributed by atoms with Gasteiger partial charge in [-0.15, -0.1) is 0 Å². The molecule has 128 valence electrons. The molecule has 0 aliphatic rings. The van der Waals surface area contributed by atoms with Crippen molar-refractivity contribution in [1.29, 1.82) is 0 Å². The summed E-state index contributed by atoms with van der Waals surface area (Å²) in [5, 5.41) is 9.91. The molecule has 1 amide bonds. The zero-order chi connectivity index (χ0) is 18.1. The van der Waals surface area contributed by atoms with Gasteiger partial charge in [0.15, 0.2) is 4.80 Å². The van der Waals surface area contributed by atoms with Crippen LogP contribution in [-0.4, -0.2) is 21.6 Å². The van der Waals surface area contributed by atoms with Crippen molar-refractivity contribution in [3.8, 4) is 0 Å². The first-order chi connectivity index (χ1) is 11.9. The predicted molar refractivity (Wildman–Crippen MR) is 98.2 cm³/mol. The van der Waals surface area contributed by atoms with E-state index in [0.29, 0.717) is 25.6 Å². The van der Waals surface area contributed by atoms with Gasteiger partial charge in [0.1, 0.15) is 6.04 Å². The van der Waals surface area contributed by atoms with Crippen LogP contribution in [0.2, 0.25) is 5.02 Å². The Morgan fingerprint density at radius 2 is 1.88 bits per heavy atom. The van der Waals surface area contributed by atoms with Gasteiger partial charge >= 0.3 is 5.97 Å². The summed E-state index contributed by atoms with van der Waals surface area (Å²) < 4.78 is 2.23. The fourth-order valence-corrected chi connectivity index (χ4v) is 3.83. The number of amides is 1. The van der Waals surface area contributed by atoms with Crippen molar-refractivity contribution in [3.05, 3.63) is 63.4 Å². The quantitative estimate of drug-likeness (QED) is 0.751. The van der Waals surface area contributed by atoms with Gasteiger partial charge in [0.05, 0.1) is 15.2 Å². The van der Waals surface area contributed by atoms with Crippen LogP contribution < -0.4 is 4.80 Å². The summed E-state index contributed by atoms with van der Waals surface area (Å²) in [7, 11) is 0. The Kier molecular flexibility index (Phi) is 4.74. The third-order valence-corrected chi connectivity index (χ3v) is 5.38. The van der Waals surface area contributed by atoms with Crippen molar-refractivity contribution < 1.29 is 14.7 Å². The first-order valence-corrected chi connectivity index (χ1v) is 8.76. The average Bonchev–Trinajstić information content (AvgIpc) is 2.94. The van der Waals surface area contributed by atoms with Gasteiger partial charge in [-0.05, 0) is 38.1 Å². The molecule has 3 rings (SSSR count). The second-order valence-electron chi connectivity index (χ2n) is 5.64. The third kappa shape index (κ3) is 3.36. The summed E-state index contributed by atoms with van der Waals surface area (Å²) >= 11 is 7.42. The van der Waals surface area contributed by atoms with Crippen LogP contribution >= 0.6 is 22.9 Å². The molecule has 0 bridgehead atoms. The van der Waals surface area contributed by atoms with Gasteiger partial charge in [0.25, 0.3) is 5.91 Å². The molecule has 2 aromatic carbocycles. The highest BCUT2D eigenvalue weighted by atomic mass is 35.5.